The predicted molar refractivity (Wildman–Crippen MR) is 49.2 cm³/mol. The normalized spacial score (nSPS) is 10.3. The molecule has 0 amide bonds. The first-order valence-corrected chi connectivity index (χ1v) is 15.4. The molecule has 0 aliphatic rings. The molecule has 0 fully saturated rings. The van der Waals surface area contributed by atoms with E-state index in [1.807, 2.05) is 0 Å². The maximum atomic E-state index is 2.50. The zero-order valence-electron chi connectivity index (χ0n) is 7.15. The van der Waals surface area contributed by atoms with Crippen LogP contribution in [0.25, 0.3) is 0 Å². The van der Waals surface area contributed by atoms with Crippen LogP contribution in [0, 0.1) is 0 Å². The minimum absolute atomic E-state index is 0.255. The van der Waals surface area contributed by atoms with Gasteiger partial charge in [-0.1, -0.05) is 0 Å². The van der Waals surface area contributed by atoms with Gasteiger partial charge in [0.1, 0.15) is 0 Å². The monoisotopic (exact) mass is 246 g/mol. The zero-order chi connectivity index (χ0) is 7.28. The van der Waals surface area contributed by atoms with Crippen LogP contribution in [0.3, 0.4) is 0 Å². The Bertz CT molecular complexity index is 53.9. The molecule has 0 aliphatic carbocycles. The van der Waals surface area contributed by atoms with Gasteiger partial charge in [0, 0.05) is 0 Å². The summed E-state index contributed by atoms with van der Waals surface area (Å²) >= 11 is -0.854. The fourth-order valence-corrected chi connectivity index (χ4v) is 6.23. The van der Waals surface area contributed by atoms with Crippen molar-refractivity contribution < 1.29 is 0 Å². The van der Waals surface area contributed by atoms with Crippen LogP contribution >= 0.6 is 0 Å². The van der Waals surface area contributed by atoms with Crippen LogP contribution in [0.5, 0.6) is 0 Å². The van der Waals surface area contributed by atoms with Crippen molar-refractivity contribution in [2.75, 3.05) is 0 Å². The Hall–Kier alpha value is 1.19. The predicted octanol–water partition coefficient (Wildman–Crippen LogP) is 2.89. The fourth-order valence-electron chi connectivity index (χ4n) is 0.816. The van der Waals surface area contributed by atoms with Crippen molar-refractivity contribution in [3.8, 4) is 0 Å². The Labute approximate surface area is 69.7 Å². The van der Waals surface area contributed by atoms with Crippen molar-refractivity contribution in [2.45, 2.75) is 39.0 Å². The first kappa shape index (κ1) is 10.2. The molecule has 0 saturated heterocycles. The van der Waals surface area contributed by atoms with Crippen molar-refractivity contribution in [1.82, 2.24) is 0 Å². The van der Waals surface area contributed by atoms with E-state index in [-0.39, 0.29) is 14.7 Å². The quantitative estimate of drug-likeness (QED) is 0.670. The van der Waals surface area contributed by atoms with Crippen LogP contribution in [-0.4, -0.2) is 30.9 Å². The van der Waals surface area contributed by atoms with Gasteiger partial charge in [0.15, 0.2) is 0 Å². The van der Waals surface area contributed by atoms with E-state index < -0.39 is 16.2 Å². The van der Waals surface area contributed by atoms with Crippen LogP contribution in [0.2, 0.25) is 32.6 Å². The van der Waals surface area contributed by atoms with E-state index in [1.165, 1.54) is 0 Å². The molecule has 0 aromatic carbocycles. The second-order valence-corrected chi connectivity index (χ2v) is 15.9. The molecule has 54 valence electrons. The molecule has 0 unspecified atom stereocenters. The molecular formula is C7H18AsGa. The van der Waals surface area contributed by atoms with E-state index in [0.29, 0.717) is 0 Å². The summed E-state index contributed by atoms with van der Waals surface area (Å²) in [6, 6.07) is 0. The van der Waals surface area contributed by atoms with Gasteiger partial charge in [0.25, 0.3) is 0 Å². The summed E-state index contributed by atoms with van der Waals surface area (Å²) in [5, 5.41) is 1.59. The molecule has 0 aromatic rings. The van der Waals surface area contributed by atoms with Gasteiger partial charge >= 0.3 is 69.9 Å². The van der Waals surface area contributed by atoms with Crippen molar-refractivity contribution in [3.63, 3.8) is 0 Å². The molecule has 0 atom stereocenters. The third kappa shape index (κ3) is 9.19. The molecule has 0 radical (unpaired) electrons. The molecule has 0 saturated carbocycles. The average molecular weight is 247 g/mol. The first-order chi connectivity index (χ1) is 4.13. The van der Waals surface area contributed by atoms with Gasteiger partial charge in [-0.2, -0.15) is 0 Å². The molecule has 0 aliphatic heterocycles. The maximum absolute atomic E-state index is 2.50. The van der Waals surface area contributed by atoms with Gasteiger partial charge in [0.2, 0.25) is 0 Å². The van der Waals surface area contributed by atoms with E-state index in [9.17, 15) is 0 Å². The van der Waals surface area contributed by atoms with E-state index in [0.717, 1.165) is 0 Å². The summed E-state index contributed by atoms with van der Waals surface area (Å²) in [5.74, 6) is 0. The summed E-state index contributed by atoms with van der Waals surface area (Å²) in [4.78, 5) is 1.62. The minimum atomic E-state index is -0.599. The zero-order valence-corrected chi connectivity index (χ0v) is 11.4. The van der Waals surface area contributed by atoms with Crippen molar-refractivity contribution in [3.05, 3.63) is 0 Å². The van der Waals surface area contributed by atoms with Gasteiger partial charge in [-0.3, -0.25) is 0 Å². The molecule has 0 rings (SSSR count). The summed E-state index contributed by atoms with van der Waals surface area (Å²) in [6.07, 6.45) is 1.56. The molecule has 0 nitrogen and oxygen atoms in total. The van der Waals surface area contributed by atoms with E-state index >= 15 is 0 Å². The van der Waals surface area contributed by atoms with Crippen LogP contribution in [0.4, 0.5) is 0 Å². The van der Waals surface area contributed by atoms with E-state index in [1.54, 1.807) is 16.6 Å². The molecule has 0 N–H and O–H groups in total. The summed E-state index contributed by atoms with van der Waals surface area (Å²) in [5.41, 5.74) is 9.91. The third-order valence-corrected chi connectivity index (χ3v) is 7.21. The van der Waals surface area contributed by atoms with Crippen molar-refractivity contribution >= 4 is 30.9 Å². The topological polar surface area (TPSA) is 0 Å². The Morgan fingerprint density at radius 2 is 1.78 bits per heavy atom. The van der Waals surface area contributed by atoms with Gasteiger partial charge in [-0.15, -0.1) is 0 Å². The molecule has 9 heavy (non-hydrogen) atoms. The fraction of sp³-hybridized carbons (Fsp3) is 1.00. The number of hydrogen-bond acceptors (Lipinski definition) is 0. The number of hydrogen-bond donors (Lipinski definition) is 0. The Morgan fingerprint density at radius 3 is 2.11 bits per heavy atom. The van der Waals surface area contributed by atoms with Gasteiger partial charge in [-0.25, -0.2) is 0 Å². The van der Waals surface area contributed by atoms with E-state index in [4.69, 9.17) is 0 Å². The second kappa shape index (κ2) is 5.94. The van der Waals surface area contributed by atoms with E-state index in [2.05, 4.69) is 22.4 Å². The van der Waals surface area contributed by atoms with Gasteiger partial charge in [0.05, 0.1) is 0 Å². The second-order valence-electron chi connectivity index (χ2n) is 3.34. The standard InChI is InChI=1S/C5H12As.2CH3.Ga/c1-4-5-6(2)3;;;/h1,4-5H2,2-3H3;2*1H3;. The number of rotatable bonds is 4. The van der Waals surface area contributed by atoms with Crippen molar-refractivity contribution in [1.29, 1.82) is 0 Å². The average Bonchev–Trinajstić information content (AvgIpc) is 1.63. The van der Waals surface area contributed by atoms with Crippen LogP contribution in [-0.2, 0) is 0 Å². The van der Waals surface area contributed by atoms with Crippen LogP contribution in [0.15, 0.2) is 0 Å². The molecule has 0 bridgehead atoms. The molecule has 0 aromatic heterocycles. The Morgan fingerprint density at radius 1 is 1.22 bits per heavy atom. The third-order valence-electron chi connectivity index (χ3n) is 1.39. The molecule has 2 heteroatoms. The molecular weight excluding hydrogens is 229 g/mol. The van der Waals surface area contributed by atoms with Crippen LogP contribution < -0.4 is 0 Å². The molecule has 0 heterocycles. The molecule has 0 spiro atoms. The van der Waals surface area contributed by atoms with Gasteiger partial charge in [-0.05, 0) is 0 Å². The summed E-state index contributed by atoms with van der Waals surface area (Å²) in [7, 11) is 0. The Kier molecular flexibility index (Phi) is 6.73. The Balaban J connectivity index is 2.91. The summed E-state index contributed by atoms with van der Waals surface area (Å²) in [6.45, 7) is 0. The first-order valence-electron chi connectivity index (χ1n) is 3.77. The summed E-state index contributed by atoms with van der Waals surface area (Å²) < 4.78 is 0. The van der Waals surface area contributed by atoms with Gasteiger partial charge < -0.3 is 0 Å². The SMILES string of the molecule is [CH3][Ga]([CH3])[CH2]CC[As](C)C. The van der Waals surface area contributed by atoms with Crippen LogP contribution in [0.1, 0.15) is 6.42 Å². The van der Waals surface area contributed by atoms with Crippen molar-refractivity contribution in [2.24, 2.45) is 0 Å².